The molecule has 0 atom stereocenters. The molecule has 9 heteroatoms. The number of hydrogen-bond donors (Lipinski definition) is 2. The summed E-state index contributed by atoms with van der Waals surface area (Å²) in [7, 11) is 0. The van der Waals surface area contributed by atoms with Crippen LogP contribution in [0.15, 0.2) is 23.8 Å². The quantitative estimate of drug-likeness (QED) is 0.476. The highest BCUT2D eigenvalue weighted by atomic mass is 32.1. The van der Waals surface area contributed by atoms with Gasteiger partial charge in [0, 0.05) is 10.9 Å². The van der Waals surface area contributed by atoms with E-state index in [0.29, 0.717) is 12.4 Å². The van der Waals surface area contributed by atoms with Gasteiger partial charge in [-0.3, -0.25) is 10.1 Å². The molecule has 0 radical (unpaired) electrons. The second kappa shape index (κ2) is 5.62. The highest BCUT2D eigenvalue weighted by molar-refractivity contribution is 7.09. The van der Waals surface area contributed by atoms with Crippen LogP contribution >= 0.6 is 11.3 Å². The van der Waals surface area contributed by atoms with Crippen molar-refractivity contribution in [3.63, 3.8) is 0 Å². The zero-order valence-corrected chi connectivity index (χ0v) is 11.9. The Morgan fingerprint density at radius 3 is 2.90 bits per heavy atom. The minimum atomic E-state index is -0.492. The molecule has 0 amide bonds. The standard InChI is InChI=1S/C12H14N6O2S/c13-16-11-10(18(19)20)12(15-7-14-11)17(8-3-4-8)6-9-2-1-5-21-9/h1-2,5,7-8H,3-4,6,13H2,(H,14,15,16). The molecule has 0 aliphatic heterocycles. The first-order chi connectivity index (χ1) is 10.2. The fourth-order valence-corrected chi connectivity index (χ4v) is 2.89. The van der Waals surface area contributed by atoms with E-state index in [1.165, 1.54) is 6.33 Å². The van der Waals surface area contributed by atoms with Crippen molar-refractivity contribution in [2.24, 2.45) is 5.84 Å². The second-order valence-corrected chi connectivity index (χ2v) is 5.77. The van der Waals surface area contributed by atoms with Crippen LogP contribution < -0.4 is 16.2 Å². The molecule has 0 saturated heterocycles. The molecule has 1 aliphatic rings. The molecule has 1 fully saturated rings. The monoisotopic (exact) mass is 306 g/mol. The number of nitrogens with zero attached hydrogens (tertiary/aromatic N) is 4. The number of anilines is 2. The minimum absolute atomic E-state index is 0.0295. The van der Waals surface area contributed by atoms with Crippen molar-refractivity contribution < 1.29 is 4.92 Å². The smallest absolute Gasteiger partial charge is 0.343 e. The Kier molecular flexibility index (Phi) is 3.67. The van der Waals surface area contributed by atoms with Crippen LogP contribution in [-0.2, 0) is 6.54 Å². The zero-order valence-electron chi connectivity index (χ0n) is 11.1. The van der Waals surface area contributed by atoms with Gasteiger partial charge in [-0.1, -0.05) is 6.07 Å². The van der Waals surface area contributed by atoms with Crippen LogP contribution in [0.5, 0.6) is 0 Å². The summed E-state index contributed by atoms with van der Waals surface area (Å²) < 4.78 is 0. The molecule has 1 aliphatic carbocycles. The number of nitrogen functional groups attached to an aromatic ring is 1. The van der Waals surface area contributed by atoms with Gasteiger partial charge in [0.05, 0.1) is 11.5 Å². The molecule has 0 bridgehead atoms. The highest BCUT2D eigenvalue weighted by Crippen LogP contribution is 2.39. The Morgan fingerprint density at radius 2 is 2.33 bits per heavy atom. The maximum Gasteiger partial charge on any atom is 0.354 e. The van der Waals surface area contributed by atoms with Gasteiger partial charge < -0.3 is 10.3 Å². The molecule has 8 nitrogen and oxygen atoms in total. The SMILES string of the molecule is NNc1ncnc(N(Cc2cccs2)C2CC2)c1[N+](=O)[O-]. The van der Waals surface area contributed by atoms with Crippen LogP contribution in [0.25, 0.3) is 0 Å². The normalized spacial score (nSPS) is 14.0. The molecule has 21 heavy (non-hydrogen) atoms. The second-order valence-electron chi connectivity index (χ2n) is 4.73. The molecule has 0 unspecified atom stereocenters. The fourth-order valence-electron chi connectivity index (χ4n) is 2.19. The Morgan fingerprint density at radius 1 is 1.52 bits per heavy atom. The van der Waals surface area contributed by atoms with Gasteiger partial charge in [-0.05, 0) is 24.3 Å². The molecule has 3 N–H and O–H groups in total. The van der Waals surface area contributed by atoms with Crippen molar-refractivity contribution in [1.82, 2.24) is 9.97 Å². The number of nitro groups is 1. The Balaban J connectivity index is 2.01. The Labute approximate surface area is 124 Å². The van der Waals surface area contributed by atoms with E-state index in [4.69, 9.17) is 5.84 Å². The first-order valence-corrected chi connectivity index (χ1v) is 7.33. The van der Waals surface area contributed by atoms with Gasteiger partial charge in [-0.2, -0.15) is 0 Å². The van der Waals surface area contributed by atoms with Gasteiger partial charge >= 0.3 is 5.69 Å². The van der Waals surface area contributed by atoms with Crippen molar-refractivity contribution in [2.45, 2.75) is 25.4 Å². The number of nitrogens with one attached hydrogen (secondary N) is 1. The van der Waals surface area contributed by atoms with E-state index < -0.39 is 4.92 Å². The van der Waals surface area contributed by atoms with Crippen LogP contribution in [-0.4, -0.2) is 20.9 Å². The van der Waals surface area contributed by atoms with Crippen molar-refractivity contribution in [3.05, 3.63) is 38.8 Å². The third-order valence-electron chi connectivity index (χ3n) is 3.29. The first-order valence-electron chi connectivity index (χ1n) is 6.45. The lowest BCUT2D eigenvalue weighted by Crippen LogP contribution is -2.27. The summed E-state index contributed by atoms with van der Waals surface area (Å²) in [4.78, 5) is 21.9. The minimum Gasteiger partial charge on any atom is -0.343 e. The van der Waals surface area contributed by atoms with E-state index in [2.05, 4.69) is 15.4 Å². The molecular formula is C12H14N6O2S. The average Bonchev–Trinajstić information content (AvgIpc) is 3.20. The van der Waals surface area contributed by atoms with Crippen LogP contribution in [0.4, 0.5) is 17.3 Å². The Hall–Kier alpha value is -2.26. The van der Waals surface area contributed by atoms with Crippen LogP contribution in [0.1, 0.15) is 17.7 Å². The maximum absolute atomic E-state index is 11.4. The van der Waals surface area contributed by atoms with Crippen molar-refractivity contribution in [2.75, 3.05) is 10.3 Å². The number of thiophene rings is 1. The molecule has 0 spiro atoms. The van der Waals surface area contributed by atoms with E-state index in [1.807, 2.05) is 22.4 Å². The van der Waals surface area contributed by atoms with E-state index in [-0.39, 0.29) is 17.5 Å². The predicted octanol–water partition coefficient (Wildman–Crippen LogP) is 1.90. The van der Waals surface area contributed by atoms with E-state index in [0.717, 1.165) is 17.7 Å². The number of aromatic nitrogens is 2. The van der Waals surface area contributed by atoms with Crippen LogP contribution in [0.2, 0.25) is 0 Å². The van der Waals surface area contributed by atoms with Crippen LogP contribution in [0, 0.1) is 10.1 Å². The van der Waals surface area contributed by atoms with E-state index >= 15 is 0 Å². The summed E-state index contributed by atoms with van der Waals surface area (Å²) in [6, 6.07) is 4.26. The summed E-state index contributed by atoms with van der Waals surface area (Å²) >= 11 is 1.62. The van der Waals surface area contributed by atoms with Crippen molar-refractivity contribution >= 4 is 28.7 Å². The number of rotatable bonds is 6. The van der Waals surface area contributed by atoms with E-state index in [9.17, 15) is 10.1 Å². The number of nitrogens with two attached hydrogens (primary N) is 1. The average molecular weight is 306 g/mol. The predicted molar refractivity (Wildman–Crippen MR) is 80.0 cm³/mol. The van der Waals surface area contributed by atoms with Crippen molar-refractivity contribution in [3.8, 4) is 0 Å². The molecule has 2 aromatic rings. The van der Waals surface area contributed by atoms with Crippen molar-refractivity contribution in [1.29, 1.82) is 0 Å². The summed E-state index contributed by atoms with van der Waals surface area (Å²) in [5, 5.41) is 13.3. The highest BCUT2D eigenvalue weighted by Gasteiger charge is 2.36. The molecule has 110 valence electrons. The van der Waals surface area contributed by atoms with Gasteiger partial charge in [0.2, 0.25) is 11.6 Å². The van der Waals surface area contributed by atoms with Gasteiger partial charge in [0.25, 0.3) is 0 Å². The molecule has 3 rings (SSSR count). The van der Waals surface area contributed by atoms with Gasteiger partial charge in [-0.25, -0.2) is 15.8 Å². The summed E-state index contributed by atoms with van der Waals surface area (Å²) in [6.07, 6.45) is 3.32. The lowest BCUT2D eigenvalue weighted by Gasteiger charge is -2.22. The topological polar surface area (TPSA) is 110 Å². The molecule has 2 heterocycles. The summed E-state index contributed by atoms with van der Waals surface area (Å²) in [5.41, 5.74) is 2.10. The van der Waals surface area contributed by atoms with E-state index in [1.54, 1.807) is 11.3 Å². The summed E-state index contributed by atoms with van der Waals surface area (Å²) in [5.74, 6) is 5.67. The molecule has 0 aromatic carbocycles. The molecular weight excluding hydrogens is 292 g/mol. The third-order valence-corrected chi connectivity index (χ3v) is 4.15. The molecule has 1 saturated carbocycles. The summed E-state index contributed by atoms with van der Waals surface area (Å²) in [6.45, 7) is 0.601. The number of hydrazine groups is 1. The van der Waals surface area contributed by atoms with Gasteiger partial charge in [-0.15, -0.1) is 11.3 Å². The third kappa shape index (κ3) is 2.78. The first kappa shape index (κ1) is 13.7. The lowest BCUT2D eigenvalue weighted by molar-refractivity contribution is -0.383. The largest absolute Gasteiger partial charge is 0.354 e. The van der Waals surface area contributed by atoms with Gasteiger partial charge in [0.15, 0.2) is 0 Å². The van der Waals surface area contributed by atoms with Crippen LogP contribution in [0.3, 0.4) is 0 Å². The maximum atomic E-state index is 11.4. The fraction of sp³-hybridized carbons (Fsp3) is 0.333. The Bertz CT molecular complexity index is 643. The molecule has 2 aromatic heterocycles. The van der Waals surface area contributed by atoms with Gasteiger partial charge in [0.1, 0.15) is 6.33 Å². The number of hydrogen-bond acceptors (Lipinski definition) is 8. The zero-order chi connectivity index (χ0) is 14.8. The lowest BCUT2D eigenvalue weighted by atomic mass is 10.3.